The molecule has 9 heteroatoms. The third-order valence-electron chi connectivity index (χ3n) is 2.46. The smallest absolute Gasteiger partial charge is 0.412 e. The maximum atomic E-state index is 11.9. The molecule has 0 saturated heterocycles. The van der Waals surface area contributed by atoms with E-state index in [1.807, 2.05) is 12.1 Å². The number of nitrogens with zero attached hydrogens (tertiary/aromatic N) is 3. The Morgan fingerprint density at radius 1 is 1.27 bits per heavy atom. The zero-order chi connectivity index (χ0) is 15.9. The summed E-state index contributed by atoms with van der Waals surface area (Å²) in [5.74, 6) is -0.0597. The fourth-order valence-corrected chi connectivity index (χ4v) is 1.83. The van der Waals surface area contributed by atoms with Gasteiger partial charge < -0.3 is 10.1 Å². The zero-order valence-corrected chi connectivity index (χ0v) is 13.3. The van der Waals surface area contributed by atoms with Crippen LogP contribution in [-0.4, -0.2) is 33.6 Å². The highest BCUT2D eigenvalue weighted by atomic mass is 79.9. The average molecular weight is 368 g/mol. The van der Waals surface area contributed by atoms with Crippen LogP contribution in [0.25, 0.3) is 0 Å². The molecule has 2 amide bonds. The van der Waals surface area contributed by atoms with Crippen molar-refractivity contribution in [3.05, 3.63) is 34.9 Å². The number of amides is 2. The molecule has 0 saturated carbocycles. The van der Waals surface area contributed by atoms with E-state index in [0.717, 1.165) is 4.47 Å². The Morgan fingerprint density at radius 2 is 2.00 bits per heavy atom. The normalized spacial score (nSPS) is 10.1. The summed E-state index contributed by atoms with van der Waals surface area (Å²) in [6, 6.07) is 7.19. The Bertz CT molecular complexity index is 656. The third-order valence-corrected chi connectivity index (χ3v) is 2.98. The highest BCUT2D eigenvalue weighted by molar-refractivity contribution is 9.10. The van der Waals surface area contributed by atoms with Gasteiger partial charge in [0.1, 0.15) is 6.54 Å². The molecule has 1 heterocycles. The number of hydrogen-bond acceptors (Lipinski definition) is 5. The van der Waals surface area contributed by atoms with Gasteiger partial charge in [0.15, 0.2) is 5.82 Å². The molecule has 0 unspecified atom stereocenters. The van der Waals surface area contributed by atoms with Gasteiger partial charge in [-0.15, -0.1) is 5.10 Å². The lowest BCUT2D eigenvalue weighted by Crippen LogP contribution is -2.20. The minimum Gasteiger partial charge on any atom is -0.450 e. The van der Waals surface area contributed by atoms with Crippen LogP contribution in [0.5, 0.6) is 0 Å². The average Bonchev–Trinajstić information content (AvgIpc) is 2.88. The first-order chi connectivity index (χ1) is 10.6. The van der Waals surface area contributed by atoms with E-state index in [-0.39, 0.29) is 24.9 Å². The molecule has 1 aromatic carbocycles. The van der Waals surface area contributed by atoms with Crippen LogP contribution in [0.3, 0.4) is 0 Å². The number of halogens is 1. The van der Waals surface area contributed by atoms with E-state index < -0.39 is 6.09 Å². The SMILES string of the molecule is CCOC(=O)Nc1cnn(CC(=O)Nc2ccc(Br)cc2)n1. The molecule has 2 aromatic rings. The van der Waals surface area contributed by atoms with Gasteiger partial charge in [0, 0.05) is 10.2 Å². The molecular weight excluding hydrogens is 354 g/mol. The largest absolute Gasteiger partial charge is 0.450 e. The highest BCUT2D eigenvalue weighted by Crippen LogP contribution is 2.14. The second-order valence-electron chi connectivity index (χ2n) is 4.16. The topological polar surface area (TPSA) is 98.1 Å². The summed E-state index contributed by atoms with van der Waals surface area (Å²) >= 11 is 3.32. The molecule has 116 valence electrons. The summed E-state index contributed by atoms with van der Waals surface area (Å²) in [7, 11) is 0. The van der Waals surface area contributed by atoms with Gasteiger partial charge in [-0.2, -0.15) is 9.90 Å². The van der Waals surface area contributed by atoms with E-state index >= 15 is 0 Å². The van der Waals surface area contributed by atoms with E-state index in [2.05, 4.69) is 36.8 Å². The summed E-state index contributed by atoms with van der Waals surface area (Å²) in [4.78, 5) is 24.3. The Balaban J connectivity index is 1.88. The van der Waals surface area contributed by atoms with Crippen molar-refractivity contribution < 1.29 is 14.3 Å². The lowest BCUT2D eigenvalue weighted by Gasteiger charge is -2.04. The molecule has 22 heavy (non-hydrogen) atoms. The van der Waals surface area contributed by atoms with Crippen LogP contribution in [0.1, 0.15) is 6.92 Å². The maximum Gasteiger partial charge on any atom is 0.412 e. The van der Waals surface area contributed by atoms with Crippen LogP contribution in [0.4, 0.5) is 16.3 Å². The van der Waals surface area contributed by atoms with Crippen molar-refractivity contribution in [3.8, 4) is 0 Å². The molecular formula is C13H14BrN5O3. The van der Waals surface area contributed by atoms with E-state index in [1.165, 1.54) is 11.0 Å². The monoisotopic (exact) mass is 367 g/mol. The standard InChI is InChI=1S/C13H14BrN5O3/c1-2-22-13(21)17-11-7-15-19(18-11)8-12(20)16-10-5-3-9(14)4-6-10/h3-7H,2,8H2,1H3,(H,16,20)(H,17,18,21). The first kappa shape index (κ1) is 16.0. The number of carbonyl (C=O) groups is 2. The lowest BCUT2D eigenvalue weighted by molar-refractivity contribution is -0.117. The van der Waals surface area contributed by atoms with Gasteiger partial charge in [0.25, 0.3) is 0 Å². The fourth-order valence-electron chi connectivity index (χ4n) is 1.56. The van der Waals surface area contributed by atoms with Gasteiger partial charge in [-0.25, -0.2) is 4.79 Å². The Morgan fingerprint density at radius 3 is 2.68 bits per heavy atom. The van der Waals surface area contributed by atoms with E-state index in [1.54, 1.807) is 19.1 Å². The van der Waals surface area contributed by atoms with Crippen molar-refractivity contribution in [2.75, 3.05) is 17.2 Å². The van der Waals surface area contributed by atoms with Crippen LogP contribution in [-0.2, 0) is 16.1 Å². The number of nitrogens with one attached hydrogen (secondary N) is 2. The minimum atomic E-state index is -0.617. The molecule has 1 aromatic heterocycles. The number of hydrogen-bond donors (Lipinski definition) is 2. The van der Waals surface area contributed by atoms with Crippen molar-refractivity contribution in [1.29, 1.82) is 0 Å². The van der Waals surface area contributed by atoms with Crippen LogP contribution in [0.15, 0.2) is 34.9 Å². The predicted molar refractivity (Wildman–Crippen MR) is 83.4 cm³/mol. The number of ether oxygens (including phenoxy) is 1. The van der Waals surface area contributed by atoms with Gasteiger partial charge in [-0.1, -0.05) is 15.9 Å². The molecule has 0 fully saturated rings. The van der Waals surface area contributed by atoms with Crippen molar-refractivity contribution in [2.45, 2.75) is 13.5 Å². The molecule has 8 nitrogen and oxygen atoms in total. The molecule has 0 radical (unpaired) electrons. The summed E-state index contributed by atoms with van der Waals surface area (Å²) in [5.41, 5.74) is 0.672. The molecule has 0 bridgehead atoms. The maximum absolute atomic E-state index is 11.9. The van der Waals surface area contributed by atoms with Crippen molar-refractivity contribution in [2.24, 2.45) is 0 Å². The first-order valence-corrected chi connectivity index (χ1v) is 7.25. The van der Waals surface area contributed by atoms with E-state index in [0.29, 0.717) is 5.69 Å². The Labute approximate surface area is 135 Å². The molecule has 2 N–H and O–H groups in total. The Hall–Kier alpha value is -2.42. The quantitative estimate of drug-likeness (QED) is 0.844. The van der Waals surface area contributed by atoms with Gasteiger partial charge in [0.05, 0.1) is 12.8 Å². The highest BCUT2D eigenvalue weighted by Gasteiger charge is 2.09. The Kier molecular flexibility index (Phi) is 5.48. The fraction of sp³-hybridized carbons (Fsp3) is 0.231. The van der Waals surface area contributed by atoms with Crippen LogP contribution in [0, 0.1) is 0 Å². The van der Waals surface area contributed by atoms with Gasteiger partial charge >= 0.3 is 6.09 Å². The number of rotatable bonds is 5. The minimum absolute atomic E-state index is 0.0689. The van der Waals surface area contributed by atoms with Crippen LogP contribution in [0.2, 0.25) is 0 Å². The molecule has 0 aliphatic rings. The predicted octanol–water partition coefficient (Wildman–Crippen LogP) is 2.25. The summed E-state index contributed by atoms with van der Waals surface area (Å²) in [6.07, 6.45) is 0.720. The van der Waals surface area contributed by atoms with Crippen LogP contribution >= 0.6 is 15.9 Å². The molecule has 0 aliphatic heterocycles. The van der Waals surface area contributed by atoms with E-state index in [4.69, 9.17) is 4.74 Å². The number of benzene rings is 1. The molecule has 0 spiro atoms. The van der Waals surface area contributed by atoms with Crippen LogP contribution < -0.4 is 10.6 Å². The number of anilines is 2. The van der Waals surface area contributed by atoms with Crippen molar-refractivity contribution in [3.63, 3.8) is 0 Å². The summed E-state index contributed by atoms with van der Waals surface area (Å²) in [5, 5.41) is 13.0. The first-order valence-electron chi connectivity index (χ1n) is 6.46. The van der Waals surface area contributed by atoms with Gasteiger partial charge in [-0.05, 0) is 31.2 Å². The van der Waals surface area contributed by atoms with E-state index in [9.17, 15) is 9.59 Å². The second-order valence-corrected chi connectivity index (χ2v) is 5.08. The van der Waals surface area contributed by atoms with Crippen molar-refractivity contribution >= 4 is 39.4 Å². The lowest BCUT2D eigenvalue weighted by atomic mass is 10.3. The van der Waals surface area contributed by atoms with Gasteiger partial charge in [-0.3, -0.25) is 10.1 Å². The third kappa shape index (κ3) is 4.85. The molecule has 2 rings (SSSR count). The number of carbonyl (C=O) groups excluding carboxylic acids is 2. The molecule has 0 atom stereocenters. The molecule has 0 aliphatic carbocycles. The second kappa shape index (κ2) is 7.55. The zero-order valence-electron chi connectivity index (χ0n) is 11.7. The number of aromatic nitrogens is 3. The van der Waals surface area contributed by atoms with Crippen molar-refractivity contribution in [1.82, 2.24) is 15.0 Å². The summed E-state index contributed by atoms with van der Waals surface area (Å²) in [6.45, 7) is 1.89. The van der Waals surface area contributed by atoms with Gasteiger partial charge in [0.2, 0.25) is 5.91 Å². The summed E-state index contributed by atoms with van der Waals surface area (Å²) < 4.78 is 5.64.